The van der Waals surface area contributed by atoms with E-state index in [1.165, 1.54) is 11.3 Å². The molecule has 5 rings (SSSR count). The highest BCUT2D eigenvalue weighted by Gasteiger charge is 2.17. The van der Waals surface area contributed by atoms with Gasteiger partial charge in [0.25, 0.3) is 0 Å². The number of aromatic amines is 1. The molecule has 0 fully saturated rings. The minimum Gasteiger partial charge on any atom is -0.382 e. The molecule has 1 aliphatic rings. The Balaban J connectivity index is 1.35. The molecule has 134 valence electrons. The molecule has 5 heteroatoms. The molecule has 1 aliphatic carbocycles. The van der Waals surface area contributed by atoms with Gasteiger partial charge in [0.15, 0.2) is 0 Å². The summed E-state index contributed by atoms with van der Waals surface area (Å²) in [5, 5.41) is 3.71. The molecule has 0 radical (unpaired) electrons. The minimum atomic E-state index is 0.456. The number of aromatic nitrogens is 4. The summed E-state index contributed by atoms with van der Waals surface area (Å²) in [5.74, 6) is 0.853. The molecule has 1 unspecified atom stereocenters. The van der Waals surface area contributed by atoms with Gasteiger partial charge in [-0.05, 0) is 67.6 Å². The van der Waals surface area contributed by atoms with Gasteiger partial charge in [0.2, 0.25) is 0 Å². The SMILES string of the molecule is c1cncc(-c2nc3ccc(NC4CCc5cccnc5CC4)cc3[nH]2)c1. The lowest BCUT2D eigenvalue weighted by atomic mass is 10.1. The highest BCUT2D eigenvalue weighted by molar-refractivity contribution is 5.82. The Morgan fingerprint density at radius 3 is 2.85 bits per heavy atom. The van der Waals surface area contributed by atoms with Crippen molar-refractivity contribution in [1.82, 2.24) is 19.9 Å². The normalized spacial score (nSPS) is 16.7. The molecule has 1 atom stereocenters. The number of benzene rings is 1. The van der Waals surface area contributed by atoms with Gasteiger partial charge in [-0.15, -0.1) is 0 Å². The number of H-pyrrole nitrogens is 1. The van der Waals surface area contributed by atoms with E-state index in [1.54, 1.807) is 6.20 Å². The van der Waals surface area contributed by atoms with Gasteiger partial charge in [0, 0.05) is 41.6 Å². The van der Waals surface area contributed by atoms with Crippen LogP contribution in [0.4, 0.5) is 5.69 Å². The van der Waals surface area contributed by atoms with Crippen LogP contribution in [-0.4, -0.2) is 26.0 Å². The molecule has 3 aromatic heterocycles. The molecule has 0 aliphatic heterocycles. The predicted octanol–water partition coefficient (Wildman–Crippen LogP) is 4.38. The van der Waals surface area contributed by atoms with Crippen LogP contribution in [0.15, 0.2) is 61.1 Å². The third kappa shape index (κ3) is 3.28. The maximum absolute atomic E-state index is 4.68. The molecular formula is C22H21N5. The van der Waals surface area contributed by atoms with Gasteiger partial charge in [-0.2, -0.15) is 0 Å². The molecule has 1 aromatic carbocycles. The topological polar surface area (TPSA) is 66.5 Å². The highest BCUT2D eigenvalue weighted by atomic mass is 14.9. The number of pyridine rings is 2. The molecule has 2 N–H and O–H groups in total. The molecule has 0 amide bonds. The summed E-state index contributed by atoms with van der Waals surface area (Å²) < 4.78 is 0. The van der Waals surface area contributed by atoms with Crippen LogP contribution in [0.3, 0.4) is 0 Å². The summed E-state index contributed by atoms with van der Waals surface area (Å²) in [4.78, 5) is 16.8. The second-order valence-electron chi connectivity index (χ2n) is 7.09. The molecule has 5 nitrogen and oxygen atoms in total. The van der Waals surface area contributed by atoms with E-state index in [0.29, 0.717) is 6.04 Å². The largest absolute Gasteiger partial charge is 0.382 e. The Bertz CT molecular complexity index is 1040. The van der Waals surface area contributed by atoms with E-state index in [-0.39, 0.29) is 0 Å². The van der Waals surface area contributed by atoms with Crippen molar-refractivity contribution in [2.75, 3.05) is 5.32 Å². The van der Waals surface area contributed by atoms with Crippen molar-refractivity contribution in [3.8, 4) is 11.4 Å². The van der Waals surface area contributed by atoms with E-state index >= 15 is 0 Å². The Kier molecular flexibility index (Phi) is 4.05. The van der Waals surface area contributed by atoms with E-state index in [2.05, 4.69) is 49.5 Å². The lowest BCUT2D eigenvalue weighted by Gasteiger charge is -2.17. The van der Waals surface area contributed by atoms with E-state index < -0.39 is 0 Å². The average Bonchev–Trinajstić information content (AvgIpc) is 3.04. The smallest absolute Gasteiger partial charge is 0.140 e. The standard InChI is InChI=1S/C22H21N5/c1-4-16(14-23-11-1)22-26-20-10-8-18(13-21(20)27-22)25-17-6-5-15-3-2-12-24-19(15)9-7-17/h1-4,8,10-14,17,25H,5-7,9H2,(H,26,27). The fourth-order valence-electron chi connectivity index (χ4n) is 3.83. The molecular weight excluding hydrogens is 334 g/mol. The van der Waals surface area contributed by atoms with Gasteiger partial charge in [-0.3, -0.25) is 9.97 Å². The van der Waals surface area contributed by atoms with E-state index in [9.17, 15) is 0 Å². The number of hydrogen-bond donors (Lipinski definition) is 2. The Hall–Kier alpha value is -3.21. The van der Waals surface area contributed by atoms with E-state index in [4.69, 9.17) is 0 Å². The summed E-state index contributed by atoms with van der Waals surface area (Å²) in [7, 11) is 0. The molecule has 0 bridgehead atoms. The van der Waals surface area contributed by atoms with Gasteiger partial charge in [-0.25, -0.2) is 4.98 Å². The third-order valence-corrected chi connectivity index (χ3v) is 5.26. The van der Waals surface area contributed by atoms with Gasteiger partial charge in [0.05, 0.1) is 11.0 Å². The molecule has 4 aromatic rings. The van der Waals surface area contributed by atoms with Crippen LogP contribution in [0, 0.1) is 0 Å². The first-order valence-corrected chi connectivity index (χ1v) is 9.45. The van der Waals surface area contributed by atoms with Crippen LogP contribution in [-0.2, 0) is 12.8 Å². The lowest BCUT2D eigenvalue weighted by Crippen LogP contribution is -2.19. The van der Waals surface area contributed by atoms with Crippen molar-refractivity contribution in [2.24, 2.45) is 0 Å². The zero-order valence-corrected chi connectivity index (χ0v) is 15.0. The lowest BCUT2D eigenvalue weighted by molar-refractivity contribution is 0.625. The zero-order valence-electron chi connectivity index (χ0n) is 15.0. The highest BCUT2D eigenvalue weighted by Crippen LogP contribution is 2.25. The molecule has 0 saturated heterocycles. The molecule has 3 heterocycles. The number of nitrogens with one attached hydrogen (secondary N) is 2. The summed E-state index contributed by atoms with van der Waals surface area (Å²) >= 11 is 0. The van der Waals surface area contributed by atoms with Gasteiger partial charge >= 0.3 is 0 Å². The van der Waals surface area contributed by atoms with Crippen LogP contribution in [0.25, 0.3) is 22.4 Å². The summed E-state index contributed by atoms with van der Waals surface area (Å²) in [6, 6.07) is 15.0. The fourth-order valence-corrected chi connectivity index (χ4v) is 3.83. The van der Waals surface area contributed by atoms with E-state index in [1.807, 2.05) is 30.6 Å². The summed E-state index contributed by atoms with van der Waals surface area (Å²) in [5.41, 5.74) is 6.79. The minimum absolute atomic E-state index is 0.456. The second kappa shape index (κ2) is 6.83. The molecule has 27 heavy (non-hydrogen) atoms. The maximum atomic E-state index is 4.68. The number of imidazole rings is 1. The predicted molar refractivity (Wildman–Crippen MR) is 108 cm³/mol. The average molecular weight is 355 g/mol. The number of hydrogen-bond acceptors (Lipinski definition) is 4. The van der Waals surface area contributed by atoms with Crippen LogP contribution in [0.5, 0.6) is 0 Å². The molecule has 0 saturated carbocycles. The summed E-state index contributed by atoms with van der Waals surface area (Å²) in [6.07, 6.45) is 9.84. The first-order chi connectivity index (χ1) is 13.3. The number of fused-ring (bicyclic) bond motifs is 2. The zero-order chi connectivity index (χ0) is 18.1. The van der Waals surface area contributed by atoms with Crippen molar-refractivity contribution in [3.63, 3.8) is 0 Å². The van der Waals surface area contributed by atoms with Gasteiger partial charge < -0.3 is 10.3 Å². The quantitative estimate of drug-likeness (QED) is 0.535. The van der Waals surface area contributed by atoms with Crippen LogP contribution in [0.2, 0.25) is 0 Å². The first-order valence-electron chi connectivity index (χ1n) is 9.45. The van der Waals surface area contributed by atoms with Crippen LogP contribution >= 0.6 is 0 Å². The van der Waals surface area contributed by atoms with Crippen LogP contribution < -0.4 is 5.32 Å². The Morgan fingerprint density at radius 2 is 1.93 bits per heavy atom. The van der Waals surface area contributed by atoms with Gasteiger partial charge in [-0.1, -0.05) is 6.07 Å². The Morgan fingerprint density at radius 1 is 1.00 bits per heavy atom. The van der Waals surface area contributed by atoms with Crippen molar-refractivity contribution in [2.45, 2.75) is 31.7 Å². The van der Waals surface area contributed by atoms with Crippen molar-refractivity contribution < 1.29 is 0 Å². The monoisotopic (exact) mass is 355 g/mol. The number of nitrogens with zero attached hydrogens (tertiary/aromatic N) is 3. The second-order valence-corrected chi connectivity index (χ2v) is 7.09. The number of anilines is 1. The van der Waals surface area contributed by atoms with Gasteiger partial charge in [0.1, 0.15) is 5.82 Å². The number of aryl methyl sites for hydroxylation is 2. The maximum Gasteiger partial charge on any atom is 0.140 e. The fraction of sp³-hybridized carbons (Fsp3) is 0.227. The van der Waals surface area contributed by atoms with Crippen molar-refractivity contribution in [3.05, 3.63) is 72.3 Å². The number of rotatable bonds is 3. The summed E-state index contributed by atoms with van der Waals surface area (Å²) in [6.45, 7) is 0. The molecule has 0 spiro atoms. The first kappa shape index (κ1) is 16.0. The van der Waals surface area contributed by atoms with Crippen molar-refractivity contribution >= 4 is 16.7 Å². The third-order valence-electron chi connectivity index (χ3n) is 5.26. The van der Waals surface area contributed by atoms with Crippen LogP contribution in [0.1, 0.15) is 24.1 Å². The van der Waals surface area contributed by atoms with Crippen molar-refractivity contribution in [1.29, 1.82) is 0 Å². The van der Waals surface area contributed by atoms with E-state index in [0.717, 1.165) is 53.8 Å². The Labute approximate surface area is 157 Å².